The van der Waals surface area contributed by atoms with Gasteiger partial charge >= 0.3 is 0 Å². The van der Waals surface area contributed by atoms with Crippen molar-refractivity contribution in [1.82, 2.24) is 9.88 Å². The van der Waals surface area contributed by atoms with Crippen molar-refractivity contribution in [3.63, 3.8) is 0 Å². The molecule has 152 valence electrons. The maximum atomic E-state index is 12.6. The van der Waals surface area contributed by atoms with Crippen molar-refractivity contribution in [3.05, 3.63) is 106 Å². The Balaban J connectivity index is 1.49. The molecule has 0 atom stereocenters. The molecule has 2 heterocycles. The number of hydrogen-bond acceptors (Lipinski definition) is 3. The maximum Gasteiger partial charge on any atom is 0.264 e. The fourth-order valence-electron chi connectivity index (χ4n) is 3.57. The lowest BCUT2D eigenvalue weighted by atomic mass is 10.1. The Morgan fingerprint density at radius 3 is 2.55 bits per heavy atom. The Labute approximate surface area is 189 Å². The van der Waals surface area contributed by atoms with Crippen molar-refractivity contribution in [3.8, 4) is 0 Å². The number of nitrogens with one attached hydrogen (secondary N) is 1. The third-order valence-corrected chi connectivity index (χ3v) is 6.26. The average Bonchev–Trinajstić information content (AvgIpc) is 3.31. The molecule has 1 fully saturated rings. The molecule has 0 bridgehead atoms. The number of carbonyl (C=O) groups excluding carboxylic acids is 1. The molecule has 1 aromatic heterocycles. The van der Waals surface area contributed by atoms with Gasteiger partial charge in [-0.05, 0) is 41.6 Å². The number of halogens is 1. The summed E-state index contributed by atoms with van der Waals surface area (Å²) in [5.41, 5.74) is 3.99. The highest BCUT2D eigenvalue weighted by Crippen LogP contribution is 2.32. The van der Waals surface area contributed by atoms with Crippen molar-refractivity contribution in [1.29, 1.82) is 0 Å². The summed E-state index contributed by atoms with van der Waals surface area (Å²) in [6.45, 7) is 0.767. The van der Waals surface area contributed by atoms with E-state index >= 15 is 0 Å². The Hall–Kier alpha value is -3.28. The molecule has 6 heteroatoms. The molecular weight excluding hydrogens is 426 g/mol. The number of rotatable bonds is 4. The number of nitrogens with zero attached hydrogens (tertiary/aromatic N) is 2. The second-order valence-electron chi connectivity index (χ2n) is 7.15. The number of aliphatic imine (C=N–C) groups is 1. The molecule has 1 aliphatic rings. The van der Waals surface area contributed by atoms with E-state index in [1.54, 1.807) is 6.07 Å². The van der Waals surface area contributed by atoms with Crippen LogP contribution in [-0.2, 0) is 11.3 Å². The second kappa shape index (κ2) is 8.46. The van der Waals surface area contributed by atoms with Gasteiger partial charge in [-0.1, -0.05) is 72.3 Å². The van der Waals surface area contributed by atoms with E-state index in [0.29, 0.717) is 20.8 Å². The lowest BCUT2D eigenvalue weighted by Crippen LogP contribution is -2.19. The number of aromatic nitrogens is 1. The zero-order chi connectivity index (χ0) is 21.2. The molecule has 1 N–H and O–H groups in total. The third kappa shape index (κ3) is 4.15. The highest BCUT2D eigenvalue weighted by molar-refractivity contribution is 8.18. The summed E-state index contributed by atoms with van der Waals surface area (Å²) in [7, 11) is 0. The molecular formula is C25H18ClN3OS. The van der Waals surface area contributed by atoms with Crippen LogP contribution in [0.2, 0.25) is 5.02 Å². The van der Waals surface area contributed by atoms with Crippen molar-refractivity contribution in [2.75, 3.05) is 0 Å². The van der Waals surface area contributed by atoms with Gasteiger partial charge in [0.25, 0.3) is 5.91 Å². The third-order valence-electron chi connectivity index (χ3n) is 5.03. The minimum Gasteiger partial charge on any atom is -0.342 e. The lowest BCUT2D eigenvalue weighted by Gasteiger charge is -2.05. The quantitative estimate of drug-likeness (QED) is 0.380. The first kappa shape index (κ1) is 19.7. The molecule has 3 aromatic carbocycles. The van der Waals surface area contributed by atoms with Gasteiger partial charge in [0.1, 0.15) is 0 Å². The van der Waals surface area contributed by atoms with Crippen LogP contribution in [0.5, 0.6) is 0 Å². The van der Waals surface area contributed by atoms with Crippen LogP contribution in [0.3, 0.4) is 0 Å². The first-order valence-corrected chi connectivity index (χ1v) is 11.0. The molecule has 1 amide bonds. The summed E-state index contributed by atoms with van der Waals surface area (Å²) in [6.07, 6.45) is 4.03. The van der Waals surface area contributed by atoms with Crippen LogP contribution in [-0.4, -0.2) is 15.6 Å². The predicted molar refractivity (Wildman–Crippen MR) is 130 cm³/mol. The number of benzene rings is 3. The van der Waals surface area contributed by atoms with Gasteiger partial charge in [0, 0.05) is 29.2 Å². The number of amides is 1. The van der Waals surface area contributed by atoms with Crippen LogP contribution < -0.4 is 5.32 Å². The van der Waals surface area contributed by atoms with Crippen LogP contribution >= 0.6 is 23.4 Å². The monoisotopic (exact) mass is 443 g/mol. The zero-order valence-corrected chi connectivity index (χ0v) is 18.0. The molecule has 5 rings (SSSR count). The van der Waals surface area contributed by atoms with Crippen LogP contribution in [0.4, 0.5) is 5.69 Å². The zero-order valence-electron chi connectivity index (χ0n) is 16.5. The molecule has 1 aliphatic heterocycles. The Kier molecular flexibility index (Phi) is 5.37. The van der Waals surface area contributed by atoms with Crippen LogP contribution in [0.1, 0.15) is 11.1 Å². The van der Waals surface area contributed by atoms with Gasteiger partial charge in [-0.25, -0.2) is 4.99 Å². The molecule has 0 unspecified atom stereocenters. The highest BCUT2D eigenvalue weighted by atomic mass is 35.5. The predicted octanol–water partition coefficient (Wildman–Crippen LogP) is 6.23. The second-order valence-corrected chi connectivity index (χ2v) is 8.59. The van der Waals surface area contributed by atoms with Crippen molar-refractivity contribution >= 4 is 57.1 Å². The molecule has 4 nitrogen and oxygen atoms in total. The Morgan fingerprint density at radius 1 is 0.968 bits per heavy atom. The highest BCUT2D eigenvalue weighted by Gasteiger charge is 2.24. The van der Waals surface area contributed by atoms with Gasteiger partial charge in [0.2, 0.25) is 0 Å². The van der Waals surface area contributed by atoms with Gasteiger partial charge < -0.3 is 9.88 Å². The van der Waals surface area contributed by atoms with Crippen molar-refractivity contribution < 1.29 is 4.79 Å². The molecule has 0 saturated carbocycles. The Morgan fingerprint density at radius 2 is 1.71 bits per heavy atom. The van der Waals surface area contributed by atoms with E-state index < -0.39 is 0 Å². The van der Waals surface area contributed by atoms with Crippen LogP contribution in [0, 0.1) is 0 Å². The average molecular weight is 444 g/mol. The summed E-state index contributed by atoms with van der Waals surface area (Å²) in [5, 5.41) is 5.01. The smallest absolute Gasteiger partial charge is 0.264 e. The molecule has 1 saturated heterocycles. The fraction of sp³-hybridized carbons (Fsp3) is 0.0400. The van der Waals surface area contributed by atoms with Gasteiger partial charge in [0.15, 0.2) is 5.17 Å². The summed E-state index contributed by atoms with van der Waals surface area (Å²) < 4.78 is 2.22. The molecule has 0 spiro atoms. The van der Waals surface area contributed by atoms with Gasteiger partial charge in [-0.15, -0.1) is 0 Å². The molecule has 0 aliphatic carbocycles. The summed E-state index contributed by atoms with van der Waals surface area (Å²) in [4.78, 5) is 17.7. The number of thioether (sulfide) groups is 1. The SMILES string of the molecule is O=C1NC(=Nc2ccccc2Cl)S/C1=C\c1cn(Cc2ccccc2)c2ccccc12. The minimum absolute atomic E-state index is 0.157. The van der Waals surface area contributed by atoms with E-state index in [-0.39, 0.29) is 5.91 Å². The number of fused-ring (bicyclic) bond motifs is 1. The summed E-state index contributed by atoms with van der Waals surface area (Å²) in [5.74, 6) is -0.157. The van der Waals surface area contributed by atoms with Crippen molar-refractivity contribution in [2.45, 2.75) is 6.54 Å². The summed E-state index contributed by atoms with van der Waals surface area (Å²) in [6, 6.07) is 25.9. The van der Waals surface area contributed by atoms with E-state index in [9.17, 15) is 4.79 Å². The fourth-order valence-corrected chi connectivity index (χ4v) is 4.58. The van der Waals surface area contributed by atoms with Gasteiger partial charge in [-0.3, -0.25) is 4.79 Å². The van der Waals surface area contributed by atoms with Crippen LogP contribution in [0.25, 0.3) is 17.0 Å². The van der Waals surface area contributed by atoms with E-state index in [0.717, 1.165) is 23.0 Å². The van der Waals surface area contributed by atoms with E-state index in [1.807, 2.05) is 54.6 Å². The van der Waals surface area contributed by atoms with Gasteiger partial charge in [0.05, 0.1) is 15.6 Å². The minimum atomic E-state index is -0.157. The topological polar surface area (TPSA) is 46.4 Å². The number of para-hydroxylation sites is 2. The first-order chi connectivity index (χ1) is 15.2. The molecule has 31 heavy (non-hydrogen) atoms. The maximum absolute atomic E-state index is 12.6. The van der Waals surface area contributed by atoms with E-state index in [2.05, 4.69) is 45.3 Å². The Bertz CT molecular complexity index is 1340. The largest absolute Gasteiger partial charge is 0.342 e. The van der Waals surface area contributed by atoms with Crippen molar-refractivity contribution in [2.24, 2.45) is 4.99 Å². The molecule has 0 radical (unpaired) electrons. The summed E-state index contributed by atoms with van der Waals surface area (Å²) >= 11 is 7.51. The normalized spacial score (nSPS) is 16.4. The first-order valence-electron chi connectivity index (χ1n) is 9.83. The number of carbonyl (C=O) groups is 1. The number of amidine groups is 1. The van der Waals surface area contributed by atoms with E-state index in [1.165, 1.54) is 17.3 Å². The van der Waals surface area contributed by atoms with Gasteiger partial charge in [-0.2, -0.15) is 0 Å². The number of hydrogen-bond donors (Lipinski definition) is 1. The van der Waals surface area contributed by atoms with E-state index in [4.69, 9.17) is 11.6 Å². The standard InChI is InChI=1S/C25H18ClN3OS/c26-20-11-5-6-12-21(20)27-25-28-24(30)23(31-25)14-18-16-29(15-17-8-2-1-3-9-17)22-13-7-4-10-19(18)22/h1-14,16H,15H2,(H,27,28,30)/b23-14-. The lowest BCUT2D eigenvalue weighted by molar-refractivity contribution is -0.115. The van der Waals surface area contributed by atoms with Crippen LogP contribution in [0.15, 0.2) is 95.0 Å². The molecule has 4 aromatic rings.